The van der Waals surface area contributed by atoms with Crippen molar-refractivity contribution in [3.63, 3.8) is 0 Å². The van der Waals surface area contributed by atoms with E-state index in [1.165, 1.54) is 24.5 Å². The monoisotopic (exact) mass is 248 g/mol. The number of aromatic amines is 1. The fraction of sp³-hybridized carbons (Fsp3) is 0. The van der Waals surface area contributed by atoms with Gasteiger partial charge in [0.15, 0.2) is 0 Å². The summed E-state index contributed by atoms with van der Waals surface area (Å²) in [5, 5.41) is 15.0. The number of sulfonamides is 1. The van der Waals surface area contributed by atoms with Crippen LogP contribution in [-0.4, -0.2) is 18.6 Å². The van der Waals surface area contributed by atoms with Crippen LogP contribution in [0.15, 0.2) is 41.6 Å². The van der Waals surface area contributed by atoms with Crippen LogP contribution in [0.4, 0.5) is 5.69 Å². The van der Waals surface area contributed by atoms with Crippen LogP contribution in [0.1, 0.15) is 5.56 Å². The number of benzene rings is 1. The molecule has 0 bridgehead atoms. The van der Waals surface area contributed by atoms with Crippen LogP contribution in [0, 0.1) is 11.3 Å². The zero-order chi connectivity index (χ0) is 12.3. The Balaban J connectivity index is 2.42. The lowest BCUT2D eigenvalue weighted by Gasteiger charge is -2.06. The van der Waals surface area contributed by atoms with Gasteiger partial charge in [0.05, 0.1) is 17.4 Å². The second-order valence-corrected chi connectivity index (χ2v) is 4.85. The van der Waals surface area contributed by atoms with Crippen molar-refractivity contribution >= 4 is 15.7 Å². The lowest BCUT2D eigenvalue weighted by Crippen LogP contribution is -2.13. The predicted octanol–water partition coefficient (Wildman–Crippen LogP) is 1.08. The van der Waals surface area contributed by atoms with Crippen molar-refractivity contribution in [2.45, 2.75) is 4.90 Å². The third-order valence-electron chi connectivity index (χ3n) is 2.05. The molecule has 2 rings (SSSR count). The van der Waals surface area contributed by atoms with Gasteiger partial charge in [0.25, 0.3) is 10.0 Å². The molecule has 2 N–H and O–H groups in total. The molecule has 86 valence electrons. The van der Waals surface area contributed by atoms with Crippen LogP contribution in [0.25, 0.3) is 0 Å². The second-order valence-electron chi connectivity index (χ2n) is 3.20. The van der Waals surface area contributed by atoms with E-state index in [0.717, 1.165) is 0 Å². The number of hydrogen-bond donors (Lipinski definition) is 2. The fourth-order valence-electron chi connectivity index (χ4n) is 1.31. The summed E-state index contributed by atoms with van der Waals surface area (Å²) >= 11 is 0. The summed E-state index contributed by atoms with van der Waals surface area (Å²) < 4.78 is 26.3. The van der Waals surface area contributed by atoms with Gasteiger partial charge in [-0.15, -0.1) is 0 Å². The normalized spacial score (nSPS) is 10.8. The first-order chi connectivity index (χ1) is 8.13. The minimum Gasteiger partial charge on any atom is -0.284 e. The molecule has 2 aromatic rings. The molecule has 1 aromatic heterocycles. The van der Waals surface area contributed by atoms with Gasteiger partial charge in [-0.1, -0.05) is 12.1 Å². The number of nitriles is 1. The Labute approximate surface area is 98.0 Å². The lowest BCUT2D eigenvalue weighted by molar-refractivity contribution is 0.601. The molecule has 0 spiro atoms. The van der Waals surface area contributed by atoms with Crippen molar-refractivity contribution in [2.24, 2.45) is 0 Å². The highest BCUT2D eigenvalue weighted by molar-refractivity contribution is 7.92. The second kappa shape index (κ2) is 4.27. The van der Waals surface area contributed by atoms with E-state index in [-0.39, 0.29) is 10.5 Å². The third-order valence-corrected chi connectivity index (χ3v) is 3.49. The minimum absolute atomic E-state index is 0.0521. The molecule has 17 heavy (non-hydrogen) atoms. The molecule has 0 aliphatic heterocycles. The molecule has 7 heteroatoms. The van der Waals surface area contributed by atoms with Gasteiger partial charge in [-0.2, -0.15) is 10.4 Å². The van der Waals surface area contributed by atoms with E-state index in [9.17, 15) is 8.42 Å². The van der Waals surface area contributed by atoms with Crippen LogP contribution in [0.2, 0.25) is 0 Å². The number of hydrogen-bond acceptors (Lipinski definition) is 4. The molecular weight excluding hydrogens is 240 g/mol. The Morgan fingerprint density at radius 2 is 2.12 bits per heavy atom. The molecular formula is C10H8N4O2S. The molecule has 0 aliphatic rings. The minimum atomic E-state index is -3.76. The molecule has 0 saturated heterocycles. The summed E-state index contributed by atoms with van der Waals surface area (Å²) in [5.41, 5.74) is 0.418. The van der Waals surface area contributed by atoms with Crippen molar-refractivity contribution in [1.82, 2.24) is 10.2 Å². The molecule has 0 radical (unpaired) electrons. The van der Waals surface area contributed by atoms with Gasteiger partial charge >= 0.3 is 0 Å². The maximum absolute atomic E-state index is 12.0. The summed E-state index contributed by atoms with van der Waals surface area (Å²) in [6.45, 7) is 0. The molecule has 0 saturated carbocycles. The van der Waals surface area contributed by atoms with E-state index in [4.69, 9.17) is 5.26 Å². The molecule has 0 atom stereocenters. The Morgan fingerprint density at radius 3 is 2.76 bits per heavy atom. The molecule has 6 nitrogen and oxygen atoms in total. The van der Waals surface area contributed by atoms with Gasteiger partial charge in [-0.05, 0) is 12.1 Å². The fourth-order valence-corrected chi connectivity index (χ4v) is 2.50. The van der Waals surface area contributed by atoms with E-state index in [1.54, 1.807) is 12.1 Å². The Kier molecular flexibility index (Phi) is 2.80. The highest BCUT2D eigenvalue weighted by Gasteiger charge is 2.18. The number of rotatable bonds is 3. The van der Waals surface area contributed by atoms with Gasteiger partial charge in [-0.3, -0.25) is 9.82 Å². The highest BCUT2D eigenvalue weighted by atomic mass is 32.2. The molecule has 0 fully saturated rings. The quantitative estimate of drug-likeness (QED) is 0.849. The molecule has 0 unspecified atom stereocenters. The molecule has 1 heterocycles. The van der Waals surface area contributed by atoms with Crippen molar-refractivity contribution in [3.8, 4) is 6.07 Å². The summed E-state index contributed by atoms with van der Waals surface area (Å²) in [4.78, 5) is -0.0521. The van der Waals surface area contributed by atoms with E-state index in [1.807, 2.05) is 6.07 Å². The molecule has 0 aliphatic carbocycles. The maximum Gasteiger partial charge on any atom is 0.263 e. The number of nitrogens with zero attached hydrogens (tertiary/aromatic N) is 2. The maximum atomic E-state index is 12.0. The number of H-pyrrole nitrogens is 1. The SMILES string of the molecule is N#Cc1ccccc1S(=O)(=O)Nc1cn[nH]c1. The third kappa shape index (κ3) is 2.26. The van der Waals surface area contributed by atoms with Crippen LogP contribution < -0.4 is 4.72 Å². The number of anilines is 1. The van der Waals surface area contributed by atoms with E-state index in [2.05, 4.69) is 14.9 Å². The van der Waals surface area contributed by atoms with E-state index in [0.29, 0.717) is 5.69 Å². The molecule has 0 amide bonds. The zero-order valence-electron chi connectivity index (χ0n) is 8.58. The smallest absolute Gasteiger partial charge is 0.263 e. The van der Waals surface area contributed by atoms with Crippen molar-refractivity contribution in [2.75, 3.05) is 4.72 Å². The summed E-state index contributed by atoms with van der Waals surface area (Å²) in [6.07, 6.45) is 2.75. The standard InChI is InChI=1S/C10H8N4O2S/c11-5-8-3-1-2-4-10(8)17(15,16)14-9-6-12-13-7-9/h1-4,6-7,14H,(H,12,13). The highest BCUT2D eigenvalue weighted by Crippen LogP contribution is 2.17. The average Bonchev–Trinajstić information content (AvgIpc) is 2.81. The van der Waals surface area contributed by atoms with Crippen LogP contribution in [-0.2, 0) is 10.0 Å². The van der Waals surface area contributed by atoms with Gasteiger partial charge in [-0.25, -0.2) is 8.42 Å². The van der Waals surface area contributed by atoms with E-state index < -0.39 is 10.0 Å². The van der Waals surface area contributed by atoms with Crippen molar-refractivity contribution in [1.29, 1.82) is 5.26 Å². The first-order valence-corrected chi connectivity index (χ1v) is 6.12. The summed E-state index contributed by atoms with van der Waals surface area (Å²) in [5.74, 6) is 0. The molecule has 1 aromatic carbocycles. The topological polar surface area (TPSA) is 98.6 Å². The van der Waals surface area contributed by atoms with Gasteiger partial charge in [0.1, 0.15) is 11.0 Å². The largest absolute Gasteiger partial charge is 0.284 e. The summed E-state index contributed by atoms with van der Waals surface area (Å²) in [6, 6.07) is 7.83. The van der Waals surface area contributed by atoms with E-state index >= 15 is 0 Å². The van der Waals surface area contributed by atoms with Crippen LogP contribution >= 0.6 is 0 Å². The predicted molar refractivity (Wildman–Crippen MR) is 60.6 cm³/mol. The van der Waals surface area contributed by atoms with Crippen LogP contribution in [0.3, 0.4) is 0 Å². The first kappa shape index (κ1) is 11.2. The first-order valence-electron chi connectivity index (χ1n) is 4.64. The van der Waals surface area contributed by atoms with Gasteiger partial charge in [0.2, 0.25) is 0 Å². The van der Waals surface area contributed by atoms with Crippen molar-refractivity contribution < 1.29 is 8.42 Å². The van der Waals surface area contributed by atoms with Crippen LogP contribution in [0.5, 0.6) is 0 Å². The van der Waals surface area contributed by atoms with Crippen molar-refractivity contribution in [3.05, 3.63) is 42.2 Å². The number of aromatic nitrogens is 2. The lowest BCUT2D eigenvalue weighted by atomic mass is 10.2. The Morgan fingerprint density at radius 1 is 1.35 bits per heavy atom. The zero-order valence-corrected chi connectivity index (χ0v) is 9.40. The number of nitrogens with one attached hydrogen (secondary N) is 2. The Bertz CT molecular complexity index is 656. The average molecular weight is 248 g/mol. The Hall–Kier alpha value is -2.33. The van der Waals surface area contributed by atoms with Gasteiger partial charge in [0, 0.05) is 6.20 Å². The van der Waals surface area contributed by atoms with Gasteiger partial charge < -0.3 is 0 Å². The summed E-state index contributed by atoms with van der Waals surface area (Å²) in [7, 11) is -3.76.